The van der Waals surface area contributed by atoms with Gasteiger partial charge in [-0.2, -0.15) is 0 Å². The number of esters is 1. The molecule has 21 heavy (non-hydrogen) atoms. The summed E-state index contributed by atoms with van der Waals surface area (Å²) >= 11 is 5.95. The minimum atomic E-state index is -0.484. The molecule has 0 aliphatic rings. The van der Waals surface area contributed by atoms with Gasteiger partial charge < -0.3 is 4.74 Å². The van der Waals surface area contributed by atoms with Gasteiger partial charge in [0.2, 0.25) is 0 Å². The zero-order valence-electron chi connectivity index (χ0n) is 11.3. The largest absolute Gasteiger partial charge is 0.422 e. The number of fused-ring (bicyclic) bond motifs is 1. The Hall–Kier alpha value is -2.39. The van der Waals surface area contributed by atoms with Crippen LogP contribution in [0.2, 0.25) is 5.02 Å². The molecule has 0 saturated carbocycles. The van der Waals surface area contributed by atoms with Gasteiger partial charge in [0.25, 0.3) is 0 Å². The number of hydrogen-bond donors (Lipinski definition) is 0. The van der Waals surface area contributed by atoms with Crippen LogP contribution in [0.4, 0.5) is 0 Å². The summed E-state index contributed by atoms with van der Waals surface area (Å²) < 4.78 is 5.33. The summed E-state index contributed by atoms with van der Waals surface area (Å²) in [5.74, 6) is -0.0284. The van der Waals surface area contributed by atoms with Crippen LogP contribution in [0.1, 0.15) is 16.1 Å². The lowest BCUT2D eigenvalue weighted by atomic mass is 10.2. The van der Waals surface area contributed by atoms with E-state index in [4.69, 9.17) is 16.3 Å². The lowest BCUT2D eigenvalue weighted by Crippen LogP contribution is -2.10. The lowest BCUT2D eigenvalue weighted by Gasteiger charge is -2.06. The zero-order chi connectivity index (χ0) is 14.8. The third-order valence-electron chi connectivity index (χ3n) is 3.15. The van der Waals surface area contributed by atoms with Crippen LogP contribution in [0.3, 0.4) is 0 Å². The quantitative estimate of drug-likeness (QED) is 0.519. The van der Waals surface area contributed by atoms with Crippen molar-refractivity contribution in [2.24, 2.45) is 0 Å². The average molecular weight is 298 g/mol. The normalized spacial score (nSPS) is 10.6. The smallest absolute Gasteiger partial charge is 0.362 e. The van der Waals surface area contributed by atoms with Crippen LogP contribution in [0.25, 0.3) is 10.9 Å². The number of carbonyl (C=O) groups excluding carboxylic acids is 1. The van der Waals surface area contributed by atoms with Crippen LogP contribution in [-0.2, 0) is 0 Å². The first-order chi connectivity index (χ1) is 10.1. The van der Waals surface area contributed by atoms with E-state index in [1.165, 1.54) is 0 Å². The predicted molar refractivity (Wildman–Crippen MR) is 82.9 cm³/mol. The molecule has 0 radical (unpaired) electrons. The van der Waals surface area contributed by atoms with Crippen LogP contribution in [0.15, 0.2) is 54.6 Å². The van der Waals surface area contributed by atoms with Gasteiger partial charge in [0.05, 0.1) is 5.52 Å². The van der Waals surface area contributed by atoms with E-state index in [9.17, 15) is 4.79 Å². The Kier molecular flexibility index (Phi) is 3.59. The highest BCUT2D eigenvalue weighted by Crippen LogP contribution is 2.22. The molecular weight excluding hydrogens is 286 g/mol. The minimum Gasteiger partial charge on any atom is -0.422 e. The monoisotopic (exact) mass is 297 g/mol. The Morgan fingerprint density at radius 2 is 1.90 bits per heavy atom. The topological polar surface area (TPSA) is 39.2 Å². The molecule has 0 spiro atoms. The predicted octanol–water partition coefficient (Wildman–Crippen LogP) is 4.42. The number of aryl methyl sites for hydroxylation is 1. The number of pyridine rings is 1. The molecule has 3 aromatic rings. The standard InChI is InChI=1S/C17H12ClNO2/c1-11-10-13(7-8-14(11)18)21-17(20)16-9-6-12-4-2-3-5-15(12)19-16/h2-10H,1H3. The molecule has 0 fully saturated rings. The minimum absolute atomic E-state index is 0.279. The van der Waals surface area contributed by atoms with Crippen LogP contribution in [-0.4, -0.2) is 11.0 Å². The van der Waals surface area contributed by atoms with Gasteiger partial charge in [-0.15, -0.1) is 0 Å². The van der Waals surface area contributed by atoms with Gasteiger partial charge in [0.1, 0.15) is 11.4 Å². The molecule has 0 bridgehead atoms. The van der Waals surface area contributed by atoms with Gasteiger partial charge in [-0.25, -0.2) is 9.78 Å². The third kappa shape index (κ3) is 2.88. The first-order valence-corrected chi connectivity index (χ1v) is 6.85. The second kappa shape index (κ2) is 5.54. The number of para-hydroxylation sites is 1. The molecule has 4 heteroatoms. The van der Waals surface area contributed by atoms with Crippen LogP contribution in [0.5, 0.6) is 5.75 Å². The van der Waals surface area contributed by atoms with Crippen molar-refractivity contribution in [3.63, 3.8) is 0 Å². The van der Waals surface area contributed by atoms with Crippen molar-refractivity contribution in [2.45, 2.75) is 6.92 Å². The summed E-state index contributed by atoms with van der Waals surface area (Å²) in [6.07, 6.45) is 0. The fourth-order valence-corrected chi connectivity index (χ4v) is 2.14. The van der Waals surface area contributed by atoms with E-state index >= 15 is 0 Å². The van der Waals surface area contributed by atoms with E-state index in [2.05, 4.69) is 4.98 Å². The summed E-state index contributed by atoms with van der Waals surface area (Å²) in [5.41, 5.74) is 1.90. The number of hydrogen-bond acceptors (Lipinski definition) is 3. The first-order valence-electron chi connectivity index (χ1n) is 6.47. The SMILES string of the molecule is Cc1cc(OC(=O)c2ccc3ccccc3n2)ccc1Cl. The highest BCUT2D eigenvalue weighted by molar-refractivity contribution is 6.31. The van der Waals surface area contributed by atoms with E-state index in [-0.39, 0.29) is 5.69 Å². The van der Waals surface area contributed by atoms with Crippen molar-refractivity contribution >= 4 is 28.5 Å². The van der Waals surface area contributed by atoms with Gasteiger partial charge in [-0.05, 0) is 42.8 Å². The Morgan fingerprint density at radius 3 is 2.71 bits per heavy atom. The summed E-state index contributed by atoms with van der Waals surface area (Å²) in [5, 5.41) is 1.62. The van der Waals surface area contributed by atoms with Crippen molar-refractivity contribution in [3.05, 3.63) is 70.9 Å². The van der Waals surface area contributed by atoms with Gasteiger partial charge in [0.15, 0.2) is 0 Å². The van der Waals surface area contributed by atoms with Crippen molar-refractivity contribution in [2.75, 3.05) is 0 Å². The second-order valence-corrected chi connectivity index (χ2v) is 5.10. The highest BCUT2D eigenvalue weighted by atomic mass is 35.5. The molecule has 0 atom stereocenters. The molecule has 0 unspecified atom stereocenters. The van der Waals surface area contributed by atoms with E-state index in [0.29, 0.717) is 10.8 Å². The molecule has 104 valence electrons. The molecule has 2 aromatic carbocycles. The summed E-state index contributed by atoms with van der Waals surface area (Å²) in [4.78, 5) is 16.4. The molecular formula is C17H12ClNO2. The third-order valence-corrected chi connectivity index (χ3v) is 3.57. The number of rotatable bonds is 2. The van der Waals surface area contributed by atoms with E-state index in [1.807, 2.05) is 37.3 Å². The average Bonchev–Trinajstić information content (AvgIpc) is 2.50. The van der Waals surface area contributed by atoms with Gasteiger partial charge in [-0.1, -0.05) is 35.9 Å². The van der Waals surface area contributed by atoms with Gasteiger partial charge in [0, 0.05) is 10.4 Å². The van der Waals surface area contributed by atoms with Crippen molar-refractivity contribution < 1.29 is 9.53 Å². The van der Waals surface area contributed by atoms with Crippen LogP contribution >= 0.6 is 11.6 Å². The molecule has 0 N–H and O–H groups in total. The molecule has 1 aromatic heterocycles. The fourth-order valence-electron chi connectivity index (χ4n) is 2.02. The molecule has 3 nitrogen and oxygen atoms in total. The maximum absolute atomic E-state index is 12.1. The maximum Gasteiger partial charge on any atom is 0.362 e. The number of benzene rings is 2. The highest BCUT2D eigenvalue weighted by Gasteiger charge is 2.11. The molecule has 0 aliphatic heterocycles. The fraction of sp³-hybridized carbons (Fsp3) is 0.0588. The van der Waals surface area contributed by atoms with Crippen molar-refractivity contribution in [1.82, 2.24) is 4.98 Å². The van der Waals surface area contributed by atoms with Crippen LogP contribution < -0.4 is 4.74 Å². The molecule has 3 rings (SSSR count). The molecule has 0 aliphatic carbocycles. The lowest BCUT2D eigenvalue weighted by molar-refractivity contribution is 0.0729. The van der Waals surface area contributed by atoms with Gasteiger partial charge in [-0.3, -0.25) is 0 Å². The first kappa shape index (κ1) is 13.6. The molecule has 0 saturated heterocycles. The van der Waals surface area contributed by atoms with E-state index < -0.39 is 5.97 Å². The summed E-state index contributed by atoms with van der Waals surface area (Å²) in [6, 6.07) is 16.2. The number of carbonyl (C=O) groups is 1. The summed E-state index contributed by atoms with van der Waals surface area (Å²) in [7, 11) is 0. The number of ether oxygens (including phenoxy) is 1. The molecule has 0 amide bonds. The second-order valence-electron chi connectivity index (χ2n) is 4.69. The summed E-state index contributed by atoms with van der Waals surface area (Å²) in [6.45, 7) is 1.86. The maximum atomic E-state index is 12.1. The number of halogens is 1. The van der Waals surface area contributed by atoms with Crippen molar-refractivity contribution in [1.29, 1.82) is 0 Å². The Morgan fingerprint density at radius 1 is 1.10 bits per heavy atom. The zero-order valence-corrected chi connectivity index (χ0v) is 12.1. The number of aromatic nitrogens is 1. The molecule has 1 heterocycles. The number of nitrogens with zero attached hydrogens (tertiary/aromatic N) is 1. The Bertz CT molecular complexity index is 830. The van der Waals surface area contributed by atoms with Crippen LogP contribution in [0, 0.1) is 6.92 Å². The Balaban J connectivity index is 1.87. The van der Waals surface area contributed by atoms with E-state index in [0.717, 1.165) is 16.5 Å². The van der Waals surface area contributed by atoms with Crippen molar-refractivity contribution in [3.8, 4) is 5.75 Å². The van der Waals surface area contributed by atoms with Gasteiger partial charge >= 0.3 is 5.97 Å². The Labute approximate surface area is 127 Å². The van der Waals surface area contributed by atoms with E-state index in [1.54, 1.807) is 24.3 Å².